The molecule has 4 nitrogen and oxygen atoms in total. The number of ether oxygens (including phenoxy) is 2. The Hall–Kier alpha value is -1.82. The normalized spacial score (nSPS) is 15.7. The van der Waals surface area contributed by atoms with E-state index >= 15 is 0 Å². The standard InChI is InChI=1S/C14H20FNO.C13H18ClNO.CH4/c1-9-7-11(14(2,3)4)10-8-16-5-6-17-13(10)12(9)15;1-13(2,3)11-6-9(14)7-12-10(11)8-15-4-5-16-12;/h7,16H,5-6,8H2,1-4H3;6-7,15H,4-5,8H2,1-3H3;1H4. The Labute approximate surface area is 210 Å². The molecule has 2 aliphatic rings. The van der Waals surface area contributed by atoms with Gasteiger partial charge in [-0.25, -0.2) is 4.39 Å². The number of fused-ring (bicyclic) bond motifs is 2. The smallest absolute Gasteiger partial charge is 0.168 e. The Kier molecular flexibility index (Phi) is 9.43. The molecule has 0 saturated heterocycles. The first-order chi connectivity index (χ1) is 15.4. The Morgan fingerprint density at radius 2 is 1.35 bits per heavy atom. The zero-order valence-corrected chi connectivity index (χ0v) is 21.8. The van der Waals surface area contributed by atoms with Crippen molar-refractivity contribution in [1.82, 2.24) is 10.6 Å². The number of hydrogen-bond donors (Lipinski definition) is 2. The third-order valence-corrected chi connectivity index (χ3v) is 6.18. The van der Waals surface area contributed by atoms with E-state index in [4.69, 9.17) is 21.1 Å². The summed E-state index contributed by atoms with van der Waals surface area (Å²) in [5, 5.41) is 7.39. The molecule has 4 rings (SSSR count). The fourth-order valence-corrected chi connectivity index (χ4v) is 4.48. The molecule has 0 saturated carbocycles. The van der Waals surface area contributed by atoms with E-state index in [2.05, 4.69) is 58.2 Å². The average Bonchev–Trinajstić information content (AvgIpc) is 3.09. The number of halogens is 2. The molecule has 34 heavy (non-hydrogen) atoms. The highest BCUT2D eigenvalue weighted by molar-refractivity contribution is 6.30. The Morgan fingerprint density at radius 1 is 0.824 bits per heavy atom. The van der Waals surface area contributed by atoms with E-state index in [0.717, 1.165) is 36.0 Å². The lowest BCUT2D eigenvalue weighted by molar-refractivity contribution is 0.308. The summed E-state index contributed by atoms with van der Waals surface area (Å²) in [5.74, 6) is 1.17. The fraction of sp³-hybridized carbons (Fsp3) is 0.571. The molecule has 2 aromatic rings. The van der Waals surface area contributed by atoms with Gasteiger partial charge in [0, 0.05) is 42.3 Å². The average molecular weight is 493 g/mol. The first-order valence-electron chi connectivity index (χ1n) is 11.7. The van der Waals surface area contributed by atoms with Crippen LogP contribution in [0.15, 0.2) is 18.2 Å². The molecule has 0 aromatic heterocycles. The highest BCUT2D eigenvalue weighted by Crippen LogP contribution is 2.37. The van der Waals surface area contributed by atoms with Crippen molar-refractivity contribution in [2.45, 2.75) is 79.8 Å². The van der Waals surface area contributed by atoms with Gasteiger partial charge in [-0.1, -0.05) is 66.6 Å². The molecule has 0 bridgehead atoms. The third-order valence-electron chi connectivity index (χ3n) is 5.96. The van der Waals surface area contributed by atoms with Gasteiger partial charge in [0.15, 0.2) is 11.6 Å². The van der Waals surface area contributed by atoms with E-state index in [0.29, 0.717) is 31.1 Å². The molecular formula is C28H42ClFN2O2. The topological polar surface area (TPSA) is 42.5 Å². The zero-order chi connectivity index (χ0) is 24.4. The first kappa shape index (κ1) is 28.4. The minimum absolute atomic E-state index is 0. The van der Waals surface area contributed by atoms with E-state index in [1.54, 1.807) is 6.92 Å². The molecule has 190 valence electrons. The Morgan fingerprint density at radius 3 is 1.94 bits per heavy atom. The van der Waals surface area contributed by atoms with Crippen molar-refractivity contribution in [1.29, 1.82) is 0 Å². The molecule has 0 fully saturated rings. The van der Waals surface area contributed by atoms with Crippen LogP contribution < -0.4 is 20.1 Å². The largest absolute Gasteiger partial charge is 0.492 e. The van der Waals surface area contributed by atoms with Gasteiger partial charge in [0.1, 0.15) is 19.0 Å². The summed E-state index contributed by atoms with van der Waals surface area (Å²) in [7, 11) is 0. The van der Waals surface area contributed by atoms with Crippen LogP contribution in [0.3, 0.4) is 0 Å². The van der Waals surface area contributed by atoms with Crippen LogP contribution in [0, 0.1) is 12.7 Å². The van der Waals surface area contributed by atoms with E-state index < -0.39 is 0 Å². The van der Waals surface area contributed by atoms with E-state index in [1.165, 1.54) is 16.7 Å². The fourth-order valence-electron chi connectivity index (χ4n) is 4.27. The maximum absolute atomic E-state index is 14.1. The van der Waals surface area contributed by atoms with Crippen LogP contribution in [0.25, 0.3) is 0 Å². The summed E-state index contributed by atoms with van der Waals surface area (Å²) in [4.78, 5) is 0. The van der Waals surface area contributed by atoms with E-state index in [9.17, 15) is 4.39 Å². The second-order valence-electron chi connectivity index (χ2n) is 10.8. The maximum atomic E-state index is 14.1. The van der Waals surface area contributed by atoms with Gasteiger partial charge in [-0.05, 0) is 46.6 Å². The molecule has 2 aromatic carbocycles. The van der Waals surface area contributed by atoms with Gasteiger partial charge in [-0.15, -0.1) is 0 Å². The highest BCUT2D eigenvalue weighted by atomic mass is 35.5. The summed E-state index contributed by atoms with van der Waals surface area (Å²) in [6, 6.07) is 5.92. The lowest BCUT2D eigenvalue weighted by atomic mass is 9.82. The molecule has 0 atom stereocenters. The molecule has 0 spiro atoms. The molecule has 2 aliphatic heterocycles. The first-order valence-corrected chi connectivity index (χ1v) is 12.1. The number of aryl methyl sites for hydroxylation is 1. The lowest BCUT2D eigenvalue weighted by Crippen LogP contribution is -2.20. The molecule has 2 heterocycles. The summed E-state index contributed by atoms with van der Waals surface area (Å²) in [5.41, 5.74) is 5.40. The van der Waals surface area contributed by atoms with Gasteiger partial charge in [-0.2, -0.15) is 0 Å². The van der Waals surface area contributed by atoms with Crippen LogP contribution in [0.4, 0.5) is 4.39 Å². The van der Waals surface area contributed by atoms with Crippen LogP contribution in [0.2, 0.25) is 5.02 Å². The number of benzene rings is 2. The van der Waals surface area contributed by atoms with Crippen LogP contribution in [-0.4, -0.2) is 26.3 Å². The van der Waals surface area contributed by atoms with Gasteiger partial charge in [0.2, 0.25) is 0 Å². The summed E-state index contributed by atoms with van der Waals surface area (Å²) in [6.45, 7) is 19.2. The Bertz CT molecular complexity index is 994. The third kappa shape index (κ3) is 6.65. The summed E-state index contributed by atoms with van der Waals surface area (Å²) < 4.78 is 25.4. The molecular weight excluding hydrogens is 451 g/mol. The van der Waals surface area contributed by atoms with Crippen molar-refractivity contribution in [2.75, 3.05) is 26.3 Å². The highest BCUT2D eigenvalue weighted by Gasteiger charge is 2.26. The lowest BCUT2D eigenvalue weighted by Gasteiger charge is -2.25. The van der Waals surface area contributed by atoms with Crippen molar-refractivity contribution in [3.05, 3.63) is 56.9 Å². The van der Waals surface area contributed by atoms with Crippen molar-refractivity contribution in [3.63, 3.8) is 0 Å². The number of nitrogens with one attached hydrogen (secondary N) is 2. The molecule has 6 heteroatoms. The van der Waals surface area contributed by atoms with Crippen molar-refractivity contribution in [3.8, 4) is 11.5 Å². The number of rotatable bonds is 0. The second-order valence-corrected chi connectivity index (χ2v) is 11.3. The monoisotopic (exact) mass is 492 g/mol. The Balaban J connectivity index is 0.000000234. The molecule has 0 unspecified atom stereocenters. The quantitative estimate of drug-likeness (QED) is 0.431. The molecule has 0 radical (unpaired) electrons. The second kappa shape index (κ2) is 11.3. The zero-order valence-electron chi connectivity index (χ0n) is 21.0. The molecule has 0 amide bonds. The molecule has 0 aliphatic carbocycles. The van der Waals surface area contributed by atoms with Gasteiger partial charge in [0.25, 0.3) is 0 Å². The van der Waals surface area contributed by atoms with Crippen molar-refractivity contribution < 1.29 is 13.9 Å². The number of hydrogen-bond acceptors (Lipinski definition) is 4. The minimum atomic E-state index is -0.211. The molecule has 2 N–H and O–H groups in total. The minimum Gasteiger partial charge on any atom is -0.492 e. The van der Waals surface area contributed by atoms with Crippen LogP contribution in [0.5, 0.6) is 11.5 Å². The van der Waals surface area contributed by atoms with Crippen LogP contribution in [0.1, 0.15) is 76.8 Å². The SMILES string of the molecule is C.CC(C)(C)c1cc(Cl)cc2c1CNCCO2.Cc1cc(C(C)(C)C)c2c(c1F)OCCNC2. The van der Waals surface area contributed by atoms with Crippen LogP contribution >= 0.6 is 11.6 Å². The predicted octanol–water partition coefficient (Wildman–Crippen LogP) is 6.67. The van der Waals surface area contributed by atoms with Gasteiger partial charge in [0.05, 0.1) is 0 Å². The van der Waals surface area contributed by atoms with Gasteiger partial charge >= 0.3 is 0 Å². The van der Waals surface area contributed by atoms with Gasteiger partial charge in [-0.3, -0.25) is 0 Å². The van der Waals surface area contributed by atoms with Crippen molar-refractivity contribution in [2.24, 2.45) is 0 Å². The summed E-state index contributed by atoms with van der Waals surface area (Å²) in [6.07, 6.45) is 0. The van der Waals surface area contributed by atoms with Crippen LogP contribution in [-0.2, 0) is 23.9 Å². The van der Waals surface area contributed by atoms with E-state index in [-0.39, 0.29) is 24.1 Å². The predicted molar refractivity (Wildman–Crippen MR) is 141 cm³/mol. The van der Waals surface area contributed by atoms with Gasteiger partial charge < -0.3 is 20.1 Å². The maximum Gasteiger partial charge on any atom is 0.168 e. The summed E-state index contributed by atoms with van der Waals surface area (Å²) >= 11 is 6.14. The van der Waals surface area contributed by atoms with E-state index in [1.807, 2.05) is 12.1 Å². The van der Waals surface area contributed by atoms with Crippen molar-refractivity contribution >= 4 is 11.6 Å².